The summed E-state index contributed by atoms with van der Waals surface area (Å²) < 4.78 is 0. The first-order valence-corrected chi connectivity index (χ1v) is 8.15. The Morgan fingerprint density at radius 2 is 1.71 bits per heavy atom. The highest BCUT2D eigenvalue weighted by Gasteiger charge is 2.15. The number of carboxylic acid groups (broad SMARTS) is 1. The summed E-state index contributed by atoms with van der Waals surface area (Å²) in [6.07, 6.45) is 1.96. The van der Waals surface area contributed by atoms with Crippen molar-refractivity contribution in [2.75, 3.05) is 26.2 Å². The number of carboxylic acids is 1. The topological polar surface area (TPSA) is 108 Å². The van der Waals surface area contributed by atoms with Crippen LogP contribution in [0.2, 0.25) is 0 Å². The minimum absolute atomic E-state index is 0.0559. The van der Waals surface area contributed by atoms with Gasteiger partial charge >= 0.3 is 5.97 Å². The second-order valence-electron chi connectivity index (χ2n) is 5.88. The number of amides is 2. The monoisotopic (exact) mass is 333 g/mol. The molecule has 24 heavy (non-hydrogen) atoms. The number of hydrogen-bond donors (Lipinski definition) is 4. The van der Waals surface area contributed by atoms with Gasteiger partial charge in [-0.2, -0.15) is 0 Å². The van der Waals surface area contributed by atoms with Crippen LogP contribution in [0.1, 0.15) is 40.0 Å². The minimum Gasteiger partial charge on any atom is -0.481 e. The minimum atomic E-state index is -0.971. The maximum atomic E-state index is 12.2. The Kier molecular flexibility index (Phi) is 6.74. The van der Waals surface area contributed by atoms with Crippen molar-refractivity contribution in [3.63, 3.8) is 0 Å². The summed E-state index contributed by atoms with van der Waals surface area (Å²) in [5.41, 5.74) is 0.768. The quantitative estimate of drug-likeness (QED) is 0.585. The van der Waals surface area contributed by atoms with Crippen molar-refractivity contribution in [2.24, 2.45) is 5.92 Å². The summed E-state index contributed by atoms with van der Waals surface area (Å²) in [5.74, 6) is -1.07. The van der Waals surface area contributed by atoms with Gasteiger partial charge in [-0.1, -0.05) is 6.07 Å². The summed E-state index contributed by atoms with van der Waals surface area (Å²) in [4.78, 5) is 34.6. The molecule has 1 fully saturated rings. The molecule has 1 heterocycles. The molecule has 0 aliphatic carbocycles. The van der Waals surface area contributed by atoms with Crippen LogP contribution in [0.3, 0.4) is 0 Å². The van der Waals surface area contributed by atoms with E-state index < -0.39 is 5.97 Å². The Morgan fingerprint density at radius 1 is 1.08 bits per heavy atom. The van der Waals surface area contributed by atoms with E-state index in [0.717, 1.165) is 25.9 Å². The predicted octanol–water partition coefficient (Wildman–Crippen LogP) is 0.621. The third kappa shape index (κ3) is 5.66. The number of carbonyl (C=O) groups excluding carboxylic acids is 2. The molecule has 2 rings (SSSR count). The molecule has 0 unspecified atom stereocenters. The number of hydrogen-bond acceptors (Lipinski definition) is 4. The molecule has 0 spiro atoms. The van der Waals surface area contributed by atoms with Crippen molar-refractivity contribution in [1.29, 1.82) is 0 Å². The van der Waals surface area contributed by atoms with Gasteiger partial charge in [-0.15, -0.1) is 0 Å². The van der Waals surface area contributed by atoms with Crippen molar-refractivity contribution in [2.45, 2.75) is 19.3 Å². The second-order valence-corrected chi connectivity index (χ2v) is 5.88. The first-order chi connectivity index (χ1) is 11.6. The third-order valence-electron chi connectivity index (χ3n) is 4.02. The highest BCUT2D eigenvalue weighted by molar-refractivity contribution is 5.99. The van der Waals surface area contributed by atoms with Gasteiger partial charge in [0.15, 0.2) is 0 Å². The van der Waals surface area contributed by atoms with Gasteiger partial charge in [0.05, 0.1) is 6.42 Å². The van der Waals surface area contributed by atoms with Gasteiger partial charge in [0.2, 0.25) is 0 Å². The van der Waals surface area contributed by atoms with Crippen molar-refractivity contribution in [1.82, 2.24) is 16.0 Å². The van der Waals surface area contributed by atoms with Crippen LogP contribution in [0.5, 0.6) is 0 Å². The van der Waals surface area contributed by atoms with Gasteiger partial charge in [0.1, 0.15) is 0 Å². The summed E-state index contributed by atoms with van der Waals surface area (Å²) in [7, 11) is 0. The molecule has 4 N–H and O–H groups in total. The van der Waals surface area contributed by atoms with Crippen LogP contribution in [-0.4, -0.2) is 49.1 Å². The van der Waals surface area contributed by atoms with E-state index in [4.69, 9.17) is 5.11 Å². The van der Waals surface area contributed by atoms with Crippen LogP contribution < -0.4 is 16.0 Å². The largest absolute Gasteiger partial charge is 0.481 e. The average molecular weight is 333 g/mol. The van der Waals surface area contributed by atoms with Gasteiger partial charge in [-0.25, -0.2) is 0 Å². The lowest BCUT2D eigenvalue weighted by atomic mass is 9.98. The summed E-state index contributed by atoms with van der Waals surface area (Å²) in [6, 6.07) is 6.42. The lowest BCUT2D eigenvalue weighted by Crippen LogP contribution is -2.36. The van der Waals surface area contributed by atoms with Crippen molar-refractivity contribution >= 4 is 17.8 Å². The predicted molar refractivity (Wildman–Crippen MR) is 89.0 cm³/mol. The molecule has 130 valence electrons. The second kappa shape index (κ2) is 9.02. The van der Waals surface area contributed by atoms with E-state index in [1.54, 1.807) is 18.2 Å². The fourth-order valence-electron chi connectivity index (χ4n) is 2.61. The zero-order chi connectivity index (χ0) is 17.4. The molecule has 1 aromatic rings. The zero-order valence-electron chi connectivity index (χ0n) is 13.5. The van der Waals surface area contributed by atoms with Crippen LogP contribution in [0.4, 0.5) is 0 Å². The van der Waals surface area contributed by atoms with Crippen molar-refractivity contribution in [3.05, 3.63) is 35.4 Å². The molecule has 7 heteroatoms. The molecule has 1 aromatic carbocycles. The third-order valence-corrected chi connectivity index (χ3v) is 4.02. The summed E-state index contributed by atoms with van der Waals surface area (Å²) in [6.45, 7) is 2.65. The fraction of sp³-hybridized carbons (Fsp3) is 0.471. The van der Waals surface area contributed by atoms with E-state index >= 15 is 0 Å². The number of aliphatic carboxylic acids is 1. The smallest absolute Gasteiger partial charge is 0.305 e. The lowest BCUT2D eigenvalue weighted by Gasteiger charge is -2.22. The van der Waals surface area contributed by atoms with Crippen LogP contribution in [-0.2, 0) is 4.79 Å². The summed E-state index contributed by atoms with van der Waals surface area (Å²) in [5, 5.41) is 17.3. The van der Waals surface area contributed by atoms with Gasteiger partial charge in [-0.05, 0) is 50.0 Å². The zero-order valence-corrected chi connectivity index (χ0v) is 13.5. The molecule has 0 saturated carbocycles. The highest BCUT2D eigenvalue weighted by atomic mass is 16.4. The Balaban J connectivity index is 1.87. The lowest BCUT2D eigenvalue weighted by molar-refractivity contribution is -0.136. The Morgan fingerprint density at radius 3 is 2.33 bits per heavy atom. The van der Waals surface area contributed by atoms with Crippen LogP contribution in [0, 0.1) is 5.92 Å². The van der Waals surface area contributed by atoms with E-state index in [-0.39, 0.29) is 24.8 Å². The Labute approximate surface area is 140 Å². The number of carbonyl (C=O) groups is 3. The van der Waals surface area contributed by atoms with Crippen molar-refractivity contribution < 1.29 is 19.5 Å². The molecule has 1 saturated heterocycles. The van der Waals surface area contributed by atoms with E-state index in [9.17, 15) is 14.4 Å². The van der Waals surface area contributed by atoms with E-state index in [1.165, 1.54) is 6.07 Å². The Hall–Kier alpha value is -2.41. The number of nitrogens with one attached hydrogen (secondary N) is 3. The molecule has 2 amide bonds. The number of rotatable bonds is 7. The molecular formula is C17H23N3O4. The fourth-order valence-corrected chi connectivity index (χ4v) is 2.61. The summed E-state index contributed by atoms with van der Waals surface area (Å²) >= 11 is 0. The van der Waals surface area contributed by atoms with E-state index in [1.807, 2.05) is 0 Å². The normalized spacial score (nSPS) is 14.8. The first-order valence-electron chi connectivity index (χ1n) is 8.15. The van der Waals surface area contributed by atoms with E-state index in [2.05, 4.69) is 16.0 Å². The highest BCUT2D eigenvalue weighted by Crippen LogP contribution is 2.11. The van der Waals surface area contributed by atoms with Gasteiger partial charge in [0.25, 0.3) is 11.8 Å². The molecule has 0 bridgehead atoms. The number of piperidine rings is 1. The van der Waals surface area contributed by atoms with Crippen LogP contribution in [0.25, 0.3) is 0 Å². The maximum absolute atomic E-state index is 12.2. The molecule has 0 aromatic heterocycles. The standard InChI is InChI=1S/C17H23N3O4/c21-15(22)6-9-19-16(23)13-2-1-3-14(10-13)17(24)20-11-12-4-7-18-8-5-12/h1-3,10,12,18H,4-9,11H2,(H,19,23)(H,20,24)(H,21,22). The molecular weight excluding hydrogens is 310 g/mol. The van der Waals surface area contributed by atoms with Crippen LogP contribution >= 0.6 is 0 Å². The Bertz CT molecular complexity index is 597. The van der Waals surface area contributed by atoms with Gasteiger partial charge < -0.3 is 21.1 Å². The van der Waals surface area contributed by atoms with E-state index in [0.29, 0.717) is 23.6 Å². The molecule has 0 atom stereocenters. The van der Waals surface area contributed by atoms with Gasteiger partial charge in [0, 0.05) is 24.2 Å². The molecule has 7 nitrogen and oxygen atoms in total. The molecule has 1 aliphatic heterocycles. The van der Waals surface area contributed by atoms with Gasteiger partial charge in [-0.3, -0.25) is 14.4 Å². The van der Waals surface area contributed by atoms with Crippen molar-refractivity contribution in [3.8, 4) is 0 Å². The molecule has 1 aliphatic rings. The SMILES string of the molecule is O=C(O)CCNC(=O)c1cccc(C(=O)NCC2CCNCC2)c1. The average Bonchev–Trinajstić information content (AvgIpc) is 2.60. The first kappa shape index (κ1) is 17.9. The maximum Gasteiger partial charge on any atom is 0.305 e. The number of benzene rings is 1. The van der Waals surface area contributed by atoms with Crippen LogP contribution in [0.15, 0.2) is 24.3 Å². The molecule has 0 radical (unpaired) electrons.